The first kappa shape index (κ1) is 22.9. The highest BCUT2D eigenvalue weighted by atomic mass is 16.2. The second kappa shape index (κ2) is 11.0. The lowest BCUT2D eigenvalue weighted by atomic mass is 10.1. The number of imide groups is 1. The van der Waals surface area contributed by atoms with Crippen molar-refractivity contribution in [3.05, 3.63) is 59.3 Å². The Bertz CT molecular complexity index is 1010. The van der Waals surface area contributed by atoms with Crippen LogP contribution in [0.25, 0.3) is 0 Å². The number of nitrogens with zero attached hydrogens (tertiary/aromatic N) is 4. The summed E-state index contributed by atoms with van der Waals surface area (Å²) in [5.41, 5.74) is 0.847. The average Bonchev–Trinajstić information content (AvgIpc) is 2.83. The van der Waals surface area contributed by atoms with E-state index < -0.39 is 11.9 Å². The molecular formula is C24H27N5O3. The number of urea groups is 1. The van der Waals surface area contributed by atoms with Crippen molar-refractivity contribution in [2.24, 2.45) is 0 Å². The maximum absolute atomic E-state index is 13.0. The number of nitrogens with one attached hydrogen (secondary N) is 1. The Morgan fingerprint density at radius 3 is 2.66 bits per heavy atom. The molecule has 1 aromatic carbocycles. The number of carbonyl (C=O) groups is 3. The summed E-state index contributed by atoms with van der Waals surface area (Å²) in [4.78, 5) is 45.1. The van der Waals surface area contributed by atoms with Gasteiger partial charge in [-0.1, -0.05) is 38.3 Å². The van der Waals surface area contributed by atoms with Crippen LogP contribution in [0, 0.1) is 11.3 Å². The number of benzene rings is 1. The maximum Gasteiger partial charge on any atom is 0.332 e. The van der Waals surface area contributed by atoms with Gasteiger partial charge in [0.25, 0.3) is 11.8 Å². The van der Waals surface area contributed by atoms with Crippen molar-refractivity contribution in [1.82, 2.24) is 15.2 Å². The Morgan fingerprint density at radius 1 is 1.12 bits per heavy atom. The summed E-state index contributed by atoms with van der Waals surface area (Å²) in [6.45, 7) is 3.44. The van der Waals surface area contributed by atoms with Gasteiger partial charge in [0, 0.05) is 25.8 Å². The molecule has 2 heterocycles. The van der Waals surface area contributed by atoms with E-state index >= 15 is 0 Å². The van der Waals surface area contributed by atoms with E-state index in [0.29, 0.717) is 30.9 Å². The number of amides is 4. The van der Waals surface area contributed by atoms with Gasteiger partial charge in [-0.25, -0.2) is 9.78 Å². The summed E-state index contributed by atoms with van der Waals surface area (Å²) in [6, 6.07) is 11.2. The van der Waals surface area contributed by atoms with Crippen molar-refractivity contribution in [3.63, 3.8) is 0 Å². The Labute approximate surface area is 187 Å². The minimum Gasteiger partial charge on any atom is -0.352 e. The van der Waals surface area contributed by atoms with E-state index in [-0.39, 0.29) is 23.6 Å². The molecule has 2 aromatic rings. The molecule has 1 fully saturated rings. The molecule has 0 radical (unpaired) electrons. The Kier molecular flexibility index (Phi) is 7.92. The quantitative estimate of drug-likeness (QED) is 0.639. The van der Waals surface area contributed by atoms with Gasteiger partial charge in [0.2, 0.25) is 0 Å². The van der Waals surface area contributed by atoms with E-state index in [0.717, 1.165) is 30.6 Å². The number of aromatic nitrogens is 1. The molecule has 1 aliphatic heterocycles. The molecule has 1 aliphatic rings. The Hall–Kier alpha value is -3.73. The minimum atomic E-state index is -0.504. The van der Waals surface area contributed by atoms with Crippen LogP contribution in [0.2, 0.25) is 0 Å². The van der Waals surface area contributed by atoms with Gasteiger partial charge in [-0.05, 0) is 37.1 Å². The molecule has 32 heavy (non-hydrogen) atoms. The molecule has 0 bridgehead atoms. The zero-order chi connectivity index (χ0) is 22.9. The normalized spacial score (nSPS) is 13.6. The zero-order valence-corrected chi connectivity index (χ0v) is 18.2. The van der Waals surface area contributed by atoms with Gasteiger partial charge in [-0.15, -0.1) is 0 Å². The largest absolute Gasteiger partial charge is 0.352 e. The van der Waals surface area contributed by atoms with Crippen LogP contribution in [0.4, 0.5) is 10.6 Å². The molecular weight excluding hydrogens is 406 g/mol. The van der Waals surface area contributed by atoms with Crippen LogP contribution in [-0.2, 0) is 0 Å². The molecule has 166 valence electrons. The zero-order valence-electron chi connectivity index (χ0n) is 18.2. The van der Waals surface area contributed by atoms with E-state index in [9.17, 15) is 19.6 Å². The standard InChI is InChI=1S/C24H27N5O3/c1-2-3-4-7-13-26-22(30)19-11-12-21(27-17-19)28-14-8-15-29(24(28)32)23(31)20-10-6-5-9-18(20)16-25/h5-6,9-12,17H,2-4,7-8,13-15H2,1H3,(H,26,30). The lowest BCUT2D eigenvalue weighted by Gasteiger charge is -2.33. The lowest BCUT2D eigenvalue weighted by molar-refractivity contribution is 0.0792. The predicted octanol–water partition coefficient (Wildman–Crippen LogP) is 3.74. The van der Waals surface area contributed by atoms with Crippen LogP contribution in [0.15, 0.2) is 42.6 Å². The first-order chi connectivity index (χ1) is 15.6. The number of pyridine rings is 1. The summed E-state index contributed by atoms with van der Waals surface area (Å²) in [5.74, 6) is -0.327. The van der Waals surface area contributed by atoms with Gasteiger partial charge in [0.05, 0.1) is 22.8 Å². The van der Waals surface area contributed by atoms with Crippen LogP contribution in [0.3, 0.4) is 0 Å². The average molecular weight is 434 g/mol. The second-order valence-electron chi connectivity index (χ2n) is 7.62. The van der Waals surface area contributed by atoms with Gasteiger partial charge in [0.15, 0.2) is 0 Å². The van der Waals surface area contributed by atoms with Gasteiger partial charge in [-0.3, -0.25) is 19.4 Å². The summed E-state index contributed by atoms with van der Waals surface area (Å²) in [7, 11) is 0. The maximum atomic E-state index is 13.0. The van der Waals surface area contributed by atoms with Crippen molar-refractivity contribution in [1.29, 1.82) is 5.26 Å². The number of rotatable bonds is 8. The van der Waals surface area contributed by atoms with Crippen LogP contribution in [-0.4, -0.2) is 47.4 Å². The Balaban J connectivity index is 1.66. The molecule has 1 saturated heterocycles. The Morgan fingerprint density at radius 2 is 1.94 bits per heavy atom. The number of carbonyl (C=O) groups excluding carboxylic acids is 3. The third-order valence-electron chi connectivity index (χ3n) is 5.35. The fourth-order valence-electron chi connectivity index (χ4n) is 3.57. The molecule has 3 rings (SSSR count). The SMILES string of the molecule is CCCCCCNC(=O)c1ccc(N2CCCN(C(=O)c3ccccc3C#N)C2=O)nc1. The predicted molar refractivity (Wildman–Crippen MR) is 120 cm³/mol. The summed E-state index contributed by atoms with van der Waals surface area (Å²) in [6.07, 6.45) is 6.33. The van der Waals surface area contributed by atoms with Gasteiger partial charge < -0.3 is 5.32 Å². The van der Waals surface area contributed by atoms with E-state index in [4.69, 9.17) is 0 Å². The van der Waals surface area contributed by atoms with Gasteiger partial charge >= 0.3 is 6.03 Å². The first-order valence-electron chi connectivity index (χ1n) is 10.9. The van der Waals surface area contributed by atoms with Crippen LogP contribution in [0.1, 0.15) is 65.3 Å². The number of unbranched alkanes of at least 4 members (excludes halogenated alkanes) is 3. The molecule has 1 aromatic heterocycles. The summed E-state index contributed by atoms with van der Waals surface area (Å²) >= 11 is 0. The lowest BCUT2D eigenvalue weighted by Crippen LogP contribution is -2.52. The molecule has 0 spiro atoms. The van der Waals surface area contributed by atoms with Crippen molar-refractivity contribution < 1.29 is 14.4 Å². The molecule has 0 unspecified atom stereocenters. The molecule has 0 aliphatic carbocycles. The highest BCUT2D eigenvalue weighted by molar-refractivity contribution is 6.10. The topological polar surface area (TPSA) is 106 Å². The molecule has 1 N–H and O–H groups in total. The van der Waals surface area contributed by atoms with Crippen LogP contribution in [0.5, 0.6) is 0 Å². The number of anilines is 1. The molecule has 8 nitrogen and oxygen atoms in total. The fourth-order valence-corrected chi connectivity index (χ4v) is 3.57. The molecule has 0 atom stereocenters. The van der Waals surface area contributed by atoms with Crippen molar-refractivity contribution in [2.75, 3.05) is 24.5 Å². The van der Waals surface area contributed by atoms with Gasteiger partial charge in [-0.2, -0.15) is 5.26 Å². The monoisotopic (exact) mass is 433 g/mol. The summed E-state index contributed by atoms with van der Waals surface area (Å²) < 4.78 is 0. The van der Waals surface area contributed by atoms with E-state index in [1.807, 2.05) is 6.07 Å². The minimum absolute atomic E-state index is 0.198. The van der Waals surface area contributed by atoms with E-state index in [1.54, 1.807) is 36.4 Å². The van der Waals surface area contributed by atoms with E-state index in [2.05, 4.69) is 17.2 Å². The second-order valence-corrected chi connectivity index (χ2v) is 7.62. The number of nitriles is 1. The number of hydrogen-bond donors (Lipinski definition) is 1. The first-order valence-corrected chi connectivity index (χ1v) is 10.9. The summed E-state index contributed by atoms with van der Waals surface area (Å²) in [5, 5.41) is 12.1. The van der Waals surface area contributed by atoms with Crippen molar-refractivity contribution in [2.45, 2.75) is 39.0 Å². The fraction of sp³-hybridized carbons (Fsp3) is 0.375. The van der Waals surface area contributed by atoms with Crippen LogP contribution < -0.4 is 10.2 Å². The highest BCUT2D eigenvalue weighted by Gasteiger charge is 2.33. The number of hydrogen-bond acceptors (Lipinski definition) is 5. The smallest absolute Gasteiger partial charge is 0.332 e. The van der Waals surface area contributed by atoms with E-state index in [1.165, 1.54) is 11.1 Å². The van der Waals surface area contributed by atoms with Crippen LogP contribution >= 0.6 is 0 Å². The third-order valence-corrected chi connectivity index (χ3v) is 5.35. The third kappa shape index (κ3) is 5.30. The molecule has 8 heteroatoms. The molecule has 0 saturated carbocycles. The van der Waals surface area contributed by atoms with Crippen molar-refractivity contribution >= 4 is 23.7 Å². The van der Waals surface area contributed by atoms with Crippen molar-refractivity contribution in [3.8, 4) is 6.07 Å². The van der Waals surface area contributed by atoms with Gasteiger partial charge in [0.1, 0.15) is 5.82 Å². The molecule has 4 amide bonds. The highest BCUT2D eigenvalue weighted by Crippen LogP contribution is 2.21.